The van der Waals surface area contributed by atoms with Crippen molar-refractivity contribution in [2.24, 2.45) is 0 Å². The van der Waals surface area contributed by atoms with Crippen LogP contribution >= 0.6 is 0 Å². The van der Waals surface area contributed by atoms with Gasteiger partial charge in [0.15, 0.2) is 0 Å². The summed E-state index contributed by atoms with van der Waals surface area (Å²) in [4.78, 5) is 15.0. The van der Waals surface area contributed by atoms with Crippen LogP contribution < -0.4 is 0 Å². The van der Waals surface area contributed by atoms with Crippen LogP contribution in [0.25, 0.3) is 0 Å². The molecule has 3 heterocycles. The van der Waals surface area contributed by atoms with Crippen LogP contribution in [0.15, 0.2) is 10.6 Å². The minimum absolute atomic E-state index is 0.0460. The zero-order valence-corrected chi connectivity index (χ0v) is 14.3. The van der Waals surface area contributed by atoms with Crippen LogP contribution in [0.4, 0.5) is 0 Å². The summed E-state index contributed by atoms with van der Waals surface area (Å²) in [7, 11) is 0. The Morgan fingerprint density at radius 3 is 2.83 bits per heavy atom. The monoisotopic (exact) mass is 316 g/mol. The van der Waals surface area contributed by atoms with Crippen molar-refractivity contribution in [2.45, 2.75) is 59.5 Å². The van der Waals surface area contributed by atoms with Gasteiger partial charge in [-0.3, -0.25) is 9.48 Å². The molecule has 1 aliphatic rings. The number of likely N-dealkylation sites (tertiary alicyclic amines) is 1. The molecule has 0 radical (unpaired) electrons. The summed E-state index contributed by atoms with van der Waals surface area (Å²) in [6.45, 7) is 9.39. The summed E-state index contributed by atoms with van der Waals surface area (Å²) < 4.78 is 7.23. The van der Waals surface area contributed by atoms with Crippen LogP contribution in [0.3, 0.4) is 0 Å². The SMILES string of the molecule is CCc1noc(C)c1C(=O)N1CCC[C@H]1Cn1nc(C)cc1C. The van der Waals surface area contributed by atoms with E-state index in [1.807, 2.05) is 30.4 Å². The molecule has 0 spiro atoms. The van der Waals surface area contributed by atoms with Gasteiger partial charge in [0.1, 0.15) is 11.3 Å². The Kier molecular flexibility index (Phi) is 4.24. The molecule has 6 nitrogen and oxygen atoms in total. The van der Waals surface area contributed by atoms with E-state index in [0.29, 0.717) is 17.7 Å². The van der Waals surface area contributed by atoms with Crippen LogP contribution in [0.2, 0.25) is 0 Å². The molecule has 1 atom stereocenters. The van der Waals surface area contributed by atoms with Crippen LogP contribution in [-0.4, -0.2) is 38.3 Å². The predicted molar refractivity (Wildman–Crippen MR) is 86.4 cm³/mol. The van der Waals surface area contributed by atoms with Gasteiger partial charge in [0.2, 0.25) is 0 Å². The molecular formula is C17H24N4O2. The molecule has 23 heavy (non-hydrogen) atoms. The summed E-state index contributed by atoms with van der Waals surface area (Å²) in [5.74, 6) is 0.660. The molecule has 2 aromatic rings. The zero-order chi connectivity index (χ0) is 16.6. The second-order valence-electron chi connectivity index (χ2n) is 6.32. The molecule has 124 valence electrons. The molecule has 0 aromatic carbocycles. The molecule has 0 N–H and O–H groups in total. The molecule has 1 amide bonds. The highest BCUT2D eigenvalue weighted by Gasteiger charge is 2.33. The fraction of sp³-hybridized carbons (Fsp3) is 0.588. The van der Waals surface area contributed by atoms with Crippen LogP contribution in [0.1, 0.15) is 53.0 Å². The van der Waals surface area contributed by atoms with Crippen molar-refractivity contribution in [1.29, 1.82) is 0 Å². The van der Waals surface area contributed by atoms with Crippen LogP contribution in [-0.2, 0) is 13.0 Å². The lowest BCUT2D eigenvalue weighted by molar-refractivity contribution is 0.0718. The van der Waals surface area contributed by atoms with Gasteiger partial charge in [-0.25, -0.2) is 0 Å². The normalized spacial score (nSPS) is 17.9. The van der Waals surface area contributed by atoms with E-state index < -0.39 is 0 Å². The number of carbonyl (C=O) groups is 1. The number of rotatable bonds is 4. The van der Waals surface area contributed by atoms with E-state index >= 15 is 0 Å². The number of aromatic nitrogens is 3. The number of nitrogens with zero attached hydrogens (tertiary/aromatic N) is 4. The fourth-order valence-corrected chi connectivity index (χ4v) is 3.43. The van der Waals surface area contributed by atoms with E-state index in [-0.39, 0.29) is 11.9 Å². The Balaban J connectivity index is 1.82. The van der Waals surface area contributed by atoms with Crippen molar-refractivity contribution in [3.63, 3.8) is 0 Å². The van der Waals surface area contributed by atoms with Gasteiger partial charge in [0.25, 0.3) is 5.91 Å². The lowest BCUT2D eigenvalue weighted by Gasteiger charge is -2.25. The minimum Gasteiger partial charge on any atom is -0.361 e. The lowest BCUT2D eigenvalue weighted by Crippen LogP contribution is -2.39. The Hall–Kier alpha value is -2.11. The summed E-state index contributed by atoms with van der Waals surface area (Å²) in [6.07, 6.45) is 2.74. The van der Waals surface area contributed by atoms with E-state index in [1.165, 1.54) is 0 Å². The largest absolute Gasteiger partial charge is 0.361 e. The van der Waals surface area contributed by atoms with Crippen molar-refractivity contribution in [3.05, 3.63) is 34.5 Å². The molecule has 2 aromatic heterocycles. The first kappa shape index (κ1) is 15.8. The van der Waals surface area contributed by atoms with E-state index in [4.69, 9.17) is 4.52 Å². The van der Waals surface area contributed by atoms with Crippen molar-refractivity contribution >= 4 is 5.91 Å². The van der Waals surface area contributed by atoms with Crippen LogP contribution in [0.5, 0.6) is 0 Å². The first-order chi connectivity index (χ1) is 11.0. The summed E-state index contributed by atoms with van der Waals surface area (Å²) >= 11 is 0. The summed E-state index contributed by atoms with van der Waals surface area (Å²) in [5.41, 5.74) is 3.55. The molecule has 0 aliphatic carbocycles. The fourth-order valence-electron chi connectivity index (χ4n) is 3.43. The Labute approximate surface area is 136 Å². The number of amides is 1. The van der Waals surface area contributed by atoms with Gasteiger partial charge in [-0.05, 0) is 46.1 Å². The topological polar surface area (TPSA) is 64.2 Å². The van der Waals surface area contributed by atoms with E-state index in [0.717, 1.165) is 43.0 Å². The molecule has 1 fully saturated rings. The average molecular weight is 316 g/mol. The average Bonchev–Trinajstić information content (AvgIpc) is 3.19. The lowest BCUT2D eigenvalue weighted by atomic mass is 10.1. The van der Waals surface area contributed by atoms with Gasteiger partial charge in [-0.2, -0.15) is 5.10 Å². The van der Waals surface area contributed by atoms with Crippen molar-refractivity contribution in [1.82, 2.24) is 19.8 Å². The number of aryl methyl sites for hydroxylation is 4. The predicted octanol–water partition coefficient (Wildman–Crippen LogP) is 2.66. The zero-order valence-electron chi connectivity index (χ0n) is 14.3. The Morgan fingerprint density at radius 1 is 1.39 bits per heavy atom. The summed E-state index contributed by atoms with van der Waals surface area (Å²) in [6, 6.07) is 2.25. The van der Waals surface area contributed by atoms with Crippen molar-refractivity contribution < 1.29 is 9.32 Å². The molecule has 0 saturated carbocycles. The first-order valence-electron chi connectivity index (χ1n) is 8.28. The van der Waals surface area contributed by atoms with E-state index in [9.17, 15) is 4.79 Å². The van der Waals surface area contributed by atoms with Gasteiger partial charge in [0, 0.05) is 12.2 Å². The third-order valence-corrected chi connectivity index (χ3v) is 4.61. The highest BCUT2D eigenvalue weighted by Crippen LogP contribution is 2.25. The van der Waals surface area contributed by atoms with Crippen LogP contribution in [0, 0.1) is 20.8 Å². The third-order valence-electron chi connectivity index (χ3n) is 4.61. The van der Waals surface area contributed by atoms with Crippen molar-refractivity contribution in [2.75, 3.05) is 6.54 Å². The standard InChI is InChI=1S/C17H24N4O2/c1-5-15-16(13(4)23-19-15)17(22)20-8-6-7-14(20)10-21-12(3)9-11(2)18-21/h9,14H,5-8,10H2,1-4H3/t14-/m0/s1. The van der Waals surface area contributed by atoms with Gasteiger partial charge >= 0.3 is 0 Å². The highest BCUT2D eigenvalue weighted by molar-refractivity contribution is 5.96. The molecule has 6 heteroatoms. The smallest absolute Gasteiger partial charge is 0.259 e. The summed E-state index contributed by atoms with van der Waals surface area (Å²) in [5, 5.41) is 8.54. The second-order valence-corrected chi connectivity index (χ2v) is 6.32. The van der Waals surface area contributed by atoms with Gasteiger partial charge in [0.05, 0.1) is 24.0 Å². The molecule has 0 bridgehead atoms. The first-order valence-corrected chi connectivity index (χ1v) is 8.28. The molecule has 0 unspecified atom stereocenters. The second kappa shape index (κ2) is 6.18. The van der Waals surface area contributed by atoms with E-state index in [1.54, 1.807) is 0 Å². The quantitative estimate of drug-likeness (QED) is 0.870. The maximum Gasteiger partial charge on any atom is 0.259 e. The molecular weight excluding hydrogens is 292 g/mol. The van der Waals surface area contributed by atoms with Gasteiger partial charge in [-0.1, -0.05) is 12.1 Å². The maximum absolute atomic E-state index is 13.0. The molecule has 1 aliphatic heterocycles. The number of carbonyl (C=O) groups excluding carboxylic acids is 1. The maximum atomic E-state index is 13.0. The van der Waals surface area contributed by atoms with Gasteiger partial charge in [-0.15, -0.1) is 0 Å². The van der Waals surface area contributed by atoms with E-state index in [2.05, 4.69) is 23.2 Å². The molecule has 3 rings (SSSR count). The molecule has 1 saturated heterocycles. The highest BCUT2D eigenvalue weighted by atomic mass is 16.5. The minimum atomic E-state index is 0.0460. The Bertz CT molecular complexity index is 716. The van der Waals surface area contributed by atoms with Crippen molar-refractivity contribution in [3.8, 4) is 0 Å². The third kappa shape index (κ3) is 2.90. The number of hydrogen-bond donors (Lipinski definition) is 0. The Morgan fingerprint density at radius 2 is 2.17 bits per heavy atom. The number of hydrogen-bond acceptors (Lipinski definition) is 4. The van der Waals surface area contributed by atoms with Gasteiger partial charge < -0.3 is 9.42 Å².